The van der Waals surface area contributed by atoms with Gasteiger partial charge in [-0.1, -0.05) is 38.2 Å². The molecule has 1 aliphatic rings. The summed E-state index contributed by atoms with van der Waals surface area (Å²) >= 11 is 1.18. The van der Waals surface area contributed by atoms with E-state index in [0.29, 0.717) is 12.8 Å². The molecule has 0 aliphatic heterocycles. The van der Waals surface area contributed by atoms with E-state index in [1.165, 1.54) is 17.8 Å². The molecule has 0 spiro atoms. The van der Waals surface area contributed by atoms with Gasteiger partial charge < -0.3 is 0 Å². The van der Waals surface area contributed by atoms with Gasteiger partial charge in [-0.05, 0) is 24.3 Å². The first kappa shape index (κ1) is 14.5. The average molecular weight is 298 g/mol. The highest BCUT2D eigenvalue weighted by Crippen LogP contribution is 2.28. The van der Waals surface area contributed by atoms with E-state index in [1.807, 2.05) is 0 Å². The Kier molecular flexibility index (Phi) is 4.61. The van der Waals surface area contributed by atoms with Crippen LogP contribution in [0.25, 0.3) is 0 Å². The highest BCUT2D eigenvalue weighted by Gasteiger charge is 2.35. The van der Waals surface area contributed by atoms with Crippen LogP contribution in [0, 0.1) is 11.3 Å². The van der Waals surface area contributed by atoms with Crippen molar-refractivity contribution in [2.75, 3.05) is 0 Å². The zero-order valence-electron chi connectivity index (χ0n) is 10.8. The lowest BCUT2D eigenvalue weighted by atomic mass is 9.86. The molecule has 1 heterocycles. The largest absolute Gasteiger partial charge is 0.251 e. The molecule has 1 saturated carbocycles. The molecule has 0 radical (unpaired) electrons. The third-order valence-electron chi connectivity index (χ3n) is 3.51. The van der Waals surface area contributed by atoms with Gasteiger partial charge in [0.2, 0.25) is 0 Å². The second kappa shape index (κ2) is 6.04. The summed E-state index contributed by atoms with van der Waals surface area (Å²) in [6, 6.07) is 5.49. The Hall–Kier alpha value is -0.900. The van der Waals surface area contributed by atoms with Crippen molar-refractivity contribution in [3.63, 3.8) is 0 Å². The van der Waals surface area contributed by atoms with Crippen LogP contribution in [-0.4, -0.2) is 14.0 Å². The van der Waals surface area contributed by atoms with Crippen LogP contribution in [0.3, 0.4) is 0 Å². The maximum Gasteiger partial charge on any atom is 0.251 e. The van der Waals surface area contributed by atoms with Crippen molar-refractivity contribution in [3.05, 3.63) is 17.5 Å². The lowest BCUT2D eigenvalue weighted by molar-refractivity contribution is 0.357. The molecule has 0 unspecified atom stereocenters. The van der Waals surface area contributed by atoms with Crippen LogP contribution in [-0.2, 0) is 10.0 Å². The Morgan fingerprint density at radius 3 is 2.37 bits per heavy atom. The van der Waals surface area contributed by atoms with Gasteiger partial charge in [0.25, 0.3) is 10.0 Å². The lowest BCUT2D eigenvalue weighted by Crippen LogP contribution is -2.47. The van der Waals surface area contributed by atoms with Gasteiger partial charge in [-0.25, -0.2) is 8.42 Å². The fourth-order valence-corrected chi connectivity index (χ4v) is 4.84. The summed E-state index contributed by atoms with van der Waals surface area (Å²) < 4.78 is 27.5. The van der Waals surface area contributed by atoms with Crippen LogP contribution in [0.15, 0.2) is 21.7 Å². The molecule has 1 aromatic heterocycles. The van der Waals surface area contributed by atoms with Crippen LogP contribution in [0.5, 0.6) is 0 Å². The molecular formula is C13H18N2O2S2. The van der Waals surface area contributed by atoms with Crippen LogP contribution in [0.1, 0.15) is 44.9 Å². The number of sulfonamides is 1. The summed E-state index contributed by atoms with van der Waals surface area (Å²) in [5, 5.41) is 11.2. The minimum atomic E-state index is -3.57. The fourth-order valence-electron chi connectivity index (χ4n) is 2.47. The first-order valence-corrected chi connectivity index (χ1v) is 8.93. The van der Waals surface area contributed by atoms with Crippen LogP contribution in [0.4, 0.5) is 0 Å². The summed E-state index contributed by atoms with van der Waals surface area (Å²) in [6.45, 7) is 0. The number of nitrogens with one attached hydrogen (secondary N) is 1. The average Bonchev–Trinajstić information content (AvgIpc) is 2.87. The van der Waals surface area contributed by atoms with E-state index in [1.54, 1.807) is 17.5 Å². The number of rotatable bonds is 3. The van der Waals surface area contributed by atoms with Crippen LogP contribution < -0.4 is 4.72 Å². The predicted octanol–water partition coefficient (Wildman–Crippen LogP) is 3.03. The number of nitriles is 1. The Morgan fingerprint density at radius 2 is 1.84 bits per heavy atom. The van der Waals surface area contributed by atoms with E-state index >= 15 is 0 Å². The highest BCUT2D eigenvalue weighted by atomic mass is 32.2. The monoisotopic (exact) mass is 298 g/mol. The standard InChI is InChI=1S/C13H18N2O2S2/c14-11-13(8-4-2-1-3-5-9-13)15-19(16,17)12-7-6-10-18-12/h6-7,10,15H,1-5,8-9H2. The van der Waals surface area contributed by atoms with Crippen LogP contribution >= 0.6 is 11.3 Å². The fraction of sp³-hybridized carbons (Fsp3) is 0.615. The van der Waals surface area contributed by atoms with E-state index in [2.05, 4.69) is 10.8 Å². The topological polar surface area (TPSA) is 70.0 Å². The van der Waals surface area contributed by atoms with Crippen molar-refractivity contribution in [3.8, 4) is 6.07 Å². The Bertz CT molecular complexity index is 536. The Labute approximate surface area is 118 Å². The molecular weight excluding hydrogens is 280 g/mol. The van der Waals surface area contributed by atoms with E-state index < -0.39 is 15.6 Å². The molecule has 0 bridgehead atoms. The summed E-state index contributed by atoms with van der Waals surface area (Å²) in [6.07, 6.45) is 6.34. The number of hydrogen-bond acceptors (Lipinski definition) is 4. The first-order chi connectivity index (χ1) is 9.08. The molecule has 19 heavy (non-hydrogen) atoms. The molecule has 0 saturated heterocycles. The second-order valence-electron chi connectivity index (χ2n) is 5.00. The van der Waals surface area contributed by atoms with Crippen molar-refractivity contribution < 1.29 is 8.42 Å². The normalized spacial score (nSPS) is 20.2. The van der Waals surface area contributed by atoms with Crippen molar-refractivity contribution in [1.82, 2.24) is 4.72 Å². The summed E-state index contributed by atoms with van der Waals surface area (Å²) in [4.78, 5) is 0. The highest BCUT2D eigenvalue weighted by molar-refractivity contribution is 7.91. The predicted molar refractivity (Wildman–Crippen MR) is 75.3 cm³/mol. The first-order valence-electron chi connectivity index (χ1n) is 6.57. The minimum Gasteiger partial charge on any atom is -0.206 e. The minimum absolute atomic E-state index is 0.282. The number of hydrogen-bond donors (Lipinski definition) is 1. The summed E-state index contributed by atoms with van der Waals surface area (Å²) in [5.74, 6) is 0. The third kappa shape index (κ3) is 3.56. The van der Waals surface area contributed by atoms with Crippen molar-refractivity contribution >= 4 is 21.4 Å². The molecule has 6 heteroatoms. The molecule has 104 valence electrons. The van der Waals surface area contributed by atoms with Gasteiger partial charge in [-0.3, -0.25) is 0 Å². The van der Waals surface area contributed by atoms with E-state index in [-0.39, 0.29) is 4.21 Å². The van der Waals surface area contributed by atoms with E-state index in [0.717, 1.165) is 25.7 Å². The molecule has 1 aliphatic carbocycles. The van der Waals surface area contributed by atoms with Crippen molar-refractivity contribution in [1.29, 1.82) is 5.26 Å². The molecule has 1 aromatic rings. The van der Waals surface area contributed by atoms with Crippen molar-refractivity contribution in [2.45, 2.75) is 54.7 Å². The molecule has 1 N–H and O–H groups in total. The van der Waals surface area contributed by atoms with E-state index in [9.17, 15) is 13.7 Å². The molecule has 0 amide bonds. The lowest BCUT2D eigenvalue weighted by Gasteiger charge is -2.29. The second-order valence-corrected chi connectivity index (χ2v) is 7.86. The van der Waals surface area contributed by atoms with Gasteiger partial charge in [0.15, 0.2) is 0 Å². The van der Waals surface area contributed by atoms with Gasteiger partial charge in [0.1, 0.15) is 9.75 Å². The Morgan fingerprint density at radius 1 is 1.21 bits per heavy atom. The SMILES string of the molecule is N#CC1(NS(=O)(=O)c2cccs2)CCCCCCC1. The number of thiophene rings is 1. The quantitative estimate of drug-likeness (QED) is 0.932. The number of nitrogens with zero attached hydrogens (tertiary/aromatic N) is 1. The molecule has 4 nitrogen and oxygen atoms in total. The van der Waals surface area contributed by atoms with Gasteiger partial charge in [-0.15, -0.1) is 11.3 Å². The summed E-state index contributed by atoms with van der Waals surface area (Å²) in [7, 11) is -3.57. The molecule has 2 rings (SSSR count). The van der Waals surface area contributed by atoms with Crippen LogP contribution in [0.2, 0.25) is 0 Å². The van der Waals surface area contributed by atoms with Gasteiger partial charge in [0.05, 0.1) is 6.07 Å². The van der Waals surface area contributed by atoms with Crippen molar-refractivity contribution in [2.24, 2.45) is 0 Å². The summed E-state index contributed by atoms with van der Waals surface area (Å²) in [5.41, 5.74) is -0.927. The smallest absolute Gasteiger partial charge is 0.206 e. The van der Waals surface area contributed by atoms with E-state index in [4.69, 9.17) is 0 Å². The molecule has 1 fully saturated rings. The molecule has 0 atom stereocenters. The zero-order valence-corrected chi connectivity index (χ0v) is 12.4. The Balaban J connectivity index is 2.20. The zero-order chi connectivity index (χ0) is 13.8. The maximum atomic E-state index is 12.3. The molecule has 0 aromatic carbocycles. The third-order valence-corrected chi connectivity index (χ3v) is 6.44. The maximum absolute atomic E-state index is 12.3. The van der Waals surface area contributed by atoms with Gasteiger partial charge in [-0.2, -0.15) is 9.98 Å². The van der Waals surface area contributed by atoms with Gasteiger partial charge >= 0.3 is 0 Å². The van der Waals surface area contributed by atoms with Gasteiger partial charge in [0, 0.05) is 0 Å².